The molecule has 5 heteroatoms. The first kappa shape index (κ1) is 13.3. The molecule has 100 valence electrons. The summed E-state index contributed by atoms with van der Waals surface area (Å²) in [5, 5.41) is 20.9. The van der Waals surface area contributed by atoms with Crippen molar-refractivity contribution in [3.05, 3.63) is 62.4 Å². The number of benzene rings is 1. The van der Waals surface area contributed by atoms with Crippen molar-refractivity contribution < 1.29 is 14.4 Å². The third-order valence-electron chi connectivity index (χ3n) is 3.07. The summed E-state index contributed by atoms with van der Waals surface area (Å²) in [5.74, 6) is -0.182. The maximum Gasteiger partial charge on any atom is 0.433 e. The molecule has 0 saturated heterocycles. The Bertz CT molecular complexity index is 607. The van der Waals surface area contributed by atoms with Gasteiger partial charge in [-0.05, 0) is 43.5 Å². The highest BCUT2D eigenvalue weighted by molar-refractivity contribution is 5.42. The Morgan fingerprint density at radius 1 is 1.21 bits per heavy atom. The number of rotatable bonds is 3. The van der Waals surface area contributed by atoms with Gasteiger partial charge in [-0.2, -0.15) is 0 Å². The molecular weight excluding hydrogens is 246 g/mol. The third kappa shape index (κ3) is 2.51. The van der Waals surface area contributed by atoms with Crippen molar-refractivity contribution in [1.82, 2.24) is 0 Å². The van der Waals surface area contributed by atoms with Gasteiger partial charge in [0.1, 0.15) is 16.8 Å². The summed E-state index contributed by atoms with van der Waals surface area (Å²) in [5.41, 5.74) is 3.71. The van der Waals surface area contributed by atoms with Crippen LogP contribution in [0.4, 0.5) is 5.88 Å². The molecule has 2 rings (SSSR count). The molecule has 0 radical (unpaired) electrons. The Morgan fingerprint density at radius 3 is 2.26 bits per heavy atom. The van der Waals surface area contributed by atoms with Gasteiger partial charge in [0.2, 0.25) is 0 Å². The zero-order valence-electron chi connectivity index (χ0n) is 11.0. The van der Waals surface area contributed by atoms with E-state index in [-0.39, 0.29) is 11.6 Å². The van der Waals surface area contributed by atoms with Gasteiger partial charge in [0.05, 0.1) is 6.07 Å². The van der Waals surface area contributed by atoms with E-state index in [0.29, 0.717) is 0 Å². The summed E-state index contributed by atoms with van der Waals surface area (Å²) in [6.45, 7) is 5.78. The van der Waals surface area contributed by atoms with E-state index in [9.17, 15) is 15.2 Å². The van der Waals surface area contributed by atoms with Crippen LogP contribution in [0.3, 0.4) is 0 Å². The standard InChI is InChI=1S/C14H15NO4/c1-8-6-9(2)13(10(3)7-8)14(16)11-4-5-12(19-11)15(17)18/h4-7,14,16H,1-3H3. The molecule has 1 unspecified atom stereocenters. The Labute approximate surface area is 110 Å². The minimum atomic E-state index is -0.991. The molecule has 0 aliphatic rings. The molecule has 5 nitrogen and oxygen atoms in total. The first-order valence-electron chi connectivity index (χ1n) is 5.90. The monoisotopic (exact) mass is 261 g/mol. The normalized spacial score (nSPS) is 12.4. The van der Waals surface area contributed by atoms with Crippen LogP contribution >= 0.6 is 0 Å². The van der Waals surface area contributed by atoms with Gasteiger partial charge in [-0.15, -0.1) is 0 Å². The lowest BCUT2D eigenvalue weighted by atomic mass is 9.94. The number of hydrogen-bond donors (Lipinski definition) is 1. The molecule has 1 heterocycles. The molecule has 2 aromatic rings. The predicted octanol–water partition coefficient (Wildman–Crippen LogP) is 3.19. The smallest absolute Gasteiger partial charge is 0.403 e. The van der Waals surface area contributed by atoms with E-state index < -0.39 is 11.0 Å². The fraction of sp³-hybridized carbons (Fsp3) is 0.286. The molecule has 0 amide bonds. The molecular formula is C14H15NO4. The van der Waals surface area contributed by atoms with E-state index >= 15 is 0 Å². The van der Waals surface area contributed by atoms with E-state index in [4.69, 9.17) is 4.42 Å². The van der Waals surface area contributed by atoms with Gasteiger partial charge in [0, 0.05) is 0 Å². The third-order valence-corrected chi connectivity index (χ3v) is 3.07. The van der Waals surface area contributed by atoms with Gasteiger partial charge < -0.3 is 9.52 Å². The highest BCUT2D eigenvalue weighted by Gasteiger charge is 2.22. The van der Waals surface area contributed by atoms with Crippen molar-refractivity contribution in [3.63, 3.8) is 0 Å². The minimum absolute atomic E-state index is 0.182. The van der Waals surface area contributed by atoms with E-state index in [0.717, 1.165) is 22.3 Å². The van der Waals surface area contributed by atoms with E-state index in [1.807, 2.05) is 32.9 Å². The summed E-state index contributed by atoms with van der Waals surface area (Å²) in [7, 11) is 0. The van der Waals surface area contributed by atoms with E-state index in [2.05, 4.69) is 0 Å². The van der Waals surface area contributed by atoms with Gasteiger partial charge in [-0.3, -0.25) is 10.1 Å². The molecule has 0 bridgehead atoms. The molecule has 0 fully saturated rings. The van der Waals surface area contributed by atoms with Gasteiger partial charge >= 0.3 is 5.88 Å². The lowest BCUT2D eigenvalue weighted by Gasteiger charge is -2.15. The van der Waals surface area contributed by atoms with Crippen molar-refractivity contribution in [2.24, 2.45) is 0 Å². The van der Waals surface area contributed by atoms with Gasteiger partial charge in [0.15, 0.2) is 0 Å². The van der Waals surface area contributed by atoms with Crippen LogP contribution in [0.1, 0.15) is 34.1 Å². The van der Waals surface area contributed by atoms with Crippen LogP contribution in [0.25, 0.3) is 0 Å². The lowest BCUT2D eigenvalue weighted by Crippen LogP contribution is -2.04. The van der Waals surface area contributed by atoms with Gasteiger partial charge in [-0.1, -0.05) is 17.7 Å². The first-order chi connectivity index (χ1) is 8.90. The van der Waals surface area contributed by atoms with Crippen LogP contribution in [0, 0.1) is 30.9 Å². The molecule has 1 aromatic heterocycles. The average molecular weight is 261 g/mol. The quantitative estimate of drug-likeness (QED) is 0.680. The average Bonchev–Trinajstić information content (AvgIpc) is 2.76. The van der Waals surface area contributed by atoms with Crippen molar-refractivity contribution >= 4 is 5.88 Å². The van der Waals surface area contributed by atoms with Gasteiger partial charge in [-0.25, -0.2) is 0 Å². The summed E-state index contributed by atoms with van der Waals surface area (Å²) in [6, 6.07) is 6.60. The van der Waals surface area contributed by atoms with Crippen molar-refractivity contribution in [2.75, 3.05) is 0 Å². The number of hydrogen-bond acceptors (Lipinski definition) is 4. The van der Waals surface area contributed by atoms with Crippen molar-refractivity contribution in [3.8, 4) is 0 Å². The summed E-state index contributed by atoms with van der Waals surface area (Å²) >= 11 is 0. The summed E-state index contributed by atoms with van der Waals surface area (Å²) in [6.07, 6.45) is -0.991. The Kier molecular flexibility index (Phi) is 3.40. The van der Waals surface area contributed by atoms with E-state index in [1.54, 1.807) is 0 Å². The first-order valence-corrected chi connectivity index (χ1v) is 5.90. The maximum absolute atomic E-state index is 10.6. The zero-order valence-corrected chi connectivity index (χ0v) is 11.0. The molecule has 0 saturated carbocycles. The molecule has 1 aromatic carbocycles. The van der Waals surface area contributed by atoms with Gasteiger partial charge in [0.25, 0.3) is 0 Å². The minimum Gasteiger partial charge on any atom is -0.403 e. The number of nitro groups is 1. The number of aliphatic hydroxyl groups is 1. The molecule has 0 aliphatic carbocycles. The van der Waals surface area contributed by atoms with E-state index in [1.165, 1.54) is 12.1 Å². The second-order valence-electron chi connectivity index (χ2n) is 4.65. The van der Waals surface area contributed by atoms with Crippen molar-refractivity contribution in [1.29, 1.82) is 0 Å². The number of nitrogens with zero attached hydrogens (tertiary/aromatic N) is 1. The number of aliphatic hydroxyl groups excluding tert-OH is 1. The van der Waals surface area contributed by atoms with Crippen LogP contribution in [0.15, 0.2) is 28.7 Å². The second kappa shape index (κ2) is 4.85. The Hall–Kier alpha value is -2.14. The molecule has 0 spiro atoms. The summed E-state index contributed by atoms with van der Waals surface area (Å²) < 4.78 is 5.05. The SMILES string of the molecule is Cc1cc(C)c(C(O)c2ccc([N+](=O)[O-])o2)c(C)c1. The van der Waals surface area contributed by atoms with Crippen LogP contribution in [0.5, 0.6) is 0 Å². The molecule has 19 heavy (non-hydrogen) atoms. The Balaban J connectivity index is 2.43. The zero-order chi connectivity index (χ0) is 14.2. The number of furan rings is 1. The molecule has 1 atom stereocenters. The largest absolute Gasteiger partial charge is 0.433 e. The Morgan fingerprint density at radius 2 is 1.79 bits per heavy atom. The highest BCUT2D eigenvalue weighted by atomic mass is 16.6. The fourth-order valence-corrected chi connectivity index (χ4v) is 2.35. The predicted molar refractivity (Wildman–Crippen MR) is 70.1 cm³/mol. The second-order valence-corrected chi connectivity index (χ2v) is 4.65. The topological polar surface area (TPSA) is 76.5 Å². The molecule has 1 N–H and O–H groups in total. The molecule has 0 aliphatic heterocycles. The van der Waals surface area contributed by atoms with Crippen LogP contribution in [0.2, 0.25) is 0 Å². The van der Waals surface area contributed by atoms with Crippen LogP contribution in [-0.2, 0) is 0 Å². The maximum atomic E-state index is 10.6. The highest BCUT2D eigenvalue weighted by Crippen LogP contribution is 2.31. The van der Waals surface area contributed by atoms with Crippen LogP contribution in [-0.4, -0.2) is 10.0 Å². The van der Waals surface area contributed by atoms with Crippen LogP contribution < -0.4 is 0 Å². The van der Waals surface area contributed by atoms with Crippen molar-refractivity contribution in [2.45, 2.75) is 26.9 Å². The fourth-order valence-electron chi connectivity index (χ4n) is 2.35. The summed E-state index contributed by atoms with van der Waals surface area (Å²) in [4.78, 5) is 9.96. The number of aryl methyl sites for hydroxylation is 3. The lowest BCUT2D eigenvalue weighted by molar-refractivity contribution is -0.402.